The standard InChI is InChI=1S/C14H20NO6P/c1-2-3-12(11(14(18)19)4-5-13(16)17)22(20,21)10-6-8-15-9-7-10/h6-9,11-12H,2-5H2,1H3,(H,16,17)(H,18,19)(H,20,21). The molecule has 3 unspecified atom stereocenters. The molecular formula is C14H20NO6P. The molecule has 8 heteroatoms. The smallest absolute Gasteiger partial charge is 0.307 e. The van der Waals surface area contributed by atoms with Gasteiger partial charge in [-0.3, -0.25) is 19.1 Å². The molecule has 0 bridgehead atoms. The highest BCUT2D eigenvalue weighted by atomic mass is 31.2. The van der Waals surface area contributed by atoms with Crippen molar-refractivity contribution in [3.8, 4) is 0 Å². The summed E-state index contributed by atoms with van der Waals surface area (Å²) in [6, 6.07) is 2.78. The van der Waals surface area contributed by atoms with Crippen molar-refractivity contribution >= 4 is 24.6 Å². The van der Waals surface area contributed by atoms with Crippen LogP contribution in [-0.2, 0) is 14.2 Å². The first-order valence-electron chi connectivity index (χ1n) is 6.98. The van der Waals surface area contributed by atoms with Gasteiger partial charge < -0.3 is 15.1 Å². The Morgan fingerprint density at radius 1 is 1.23 bits per heavy atom. The second-order valence-corrected chi connectivity index (χ2v) is 7.49. The molecule has 0 amide bonds. The summed E-state index contributed by atoms with van der Waals surface area (Å²) in [5, 5.41) is 18.2. The molecule has 3 atom stereocenters. The van der Waals surface area contributed by atoms with Crippen LogP contribution in [0.4, 0.5) is 0 Å². The monoisotopic (exact) mass is 329 g/mol. The van der Waals surface area contributed by atoms with Crippen LogP contribution in [0.2, 0.25) is 0 Å². The van der Waals surface area contributed by atoms with E-state index in [1.54, 1.807) is 6.92 Å². The third kappa shape index (κ3) is 4.64. The van der Waals surface area contributed by atoms with E-state index in [0.29, 0.717) is 6.42 Å². The molecule has 1 rings (SSSR count). The summed E-state index contributed by atoms with van der Waals surface area (Å²) in [4.78, 5) is 36.4. The number of carboxylic acid groups (broad SMARTS) is 2. The van der Waals surface area contributed by atoms with E-state index in [1.807, 2.05) is 0 Å². The van der Waals surface area contributed by atoms with Crippen molar-refractivity contribution in [2.45, 2.75) is 38.3 Å². The summed E-state index contributed by atoms with van der Waals surface area (Å²) in [5.74, 6) is -3.55. The van der Waals surface area contributed by atoms with Crippen molar-refractivity contribution in [2.75, 3.05) is 0 Å². The van der Waals surface area contributed by atoms with Gasteiger partial charge in [-0.25, -0.2) is 0 Å². The van der Waals surface area contributed by atoms with Crippen LogP contribution >= 0.6 is 7.37 Å². The Hall–Kier alpha value is -1.72. The van der Waals surface area contributed by atoms with Crippen LogP contribution in [0.5, 0.6) is 0 Å². The van der Waals surface area contributed by atoms with Gasteiger partial charge in [-0.2, -0.15) is 0 Å². The Kier molecular flexibility index (Phi) is 6.71. The topological polar surface area (TPSA) is 125 Å². The van der Waals surface area contributed by atoms with Gasteiger partial charge in [0.1, 0.15) is 0 Å². The Bertz CT molecular complexity index is 562. The van der Waals surface area contributed by atoms with Crippen LogP contribution < -0.4 is 5.30 Å². The molecule has 7 nitrogen and oxygen atoms in total. The molecule has 0 fully saturated rings. The van der Waals surface area contributed by atoms with Gasteiger partial charge in [0.2, 0.25) is 7.37 Å². The minimum atomic E-state index is -3.96. The van der Waals surface area contributed by atoms with Crippen molar-refractivity contribution in [3.63, 3.8) is 0 Å². The molecule has 1 aromatic heterocycles. The molecule has 3 N–H and O–H groups in total. The first kappa shape index (κ1) is 18.3. The van der Waals surface area contributed by atoms with Gasteiger partial charge in [0.05, 0.1) is 11.6 Å². The molecule has 22 heavy (non-hydrogen) atoms. The lowest BCUT2D eigenvalue weighted by Gasteiger charge is -2.28. The van der Waals surface area contributed by atoms with Crippen molar-refractivity contribution < 1.29 is 29.3 Å². The van der Waals surface area contributed by atoms with Gasteiger partial charge in [-0.05, 0) is 25.0 Å². The van der Waals surface area contributed by atoms with Crippen molar-refractivity contribution in [2.24, 2.45) is 5.92 Å². The number of pyridine rings is 1. The number of hydrogen-bond acceptors (Lipinski definition) is 4. The predicted molar refractivity (Wildman–Crippen MR) is 80.4 cm³/mol. The summed E-state index contributed by atoms with van der Waals surface area (Å²) in [6.07, 6.45) is 2.96. The molecule has 0 aliphatic carbocycles. The molecule has 0 aliphatic rings. The molecule has 0 saturated heterocycles. The summed E-state index contributed by atoms with van der Waals surface area (Å²) >= 11 is 0. The maximum Gasteiger partial charge on any atom is 0.307 e. The lowest BCUT2D eigenvalue weighted by Crippen LogP contribution is -2.32. The van der Waals surface area contributed by atoms with Crippen LogP contribution in [0.25, 0.3) is 0 Å². The van der Waals surface area contributed by atoms with E-state index in [0.717, 1.165) is 0 Å². The highest BCUT2D eigenvalue weighted by Gasteiger charge is 2.41. The average molecular weight is 329 g/mol. The molecule has 1 aromatic rings. The fourth-order valence-electron chi connectivity index (χ4n) is 2.42. The van der Waals surface area contributed by atoms with Crippen LogP contribution in [0.1, 0.15) is 32.6 Å². The molecule has 122 valence electrons. The third-order valence-electron chi connectivity index (χ3n) is 3.52. The predicted octanol–water partition coefficient (Wildman–Crippen LogP) is 1.71. The van der Waals surface area contributed by atoms with Crippen molar-refractivity contribution in [3.05, 3.63) is 24.5 Å². The van der Waals surface area contributed by atoms with E-state index in [9.17, 15) is 24.2 Å². The first-order valence-corrected chi connectivity index (χ1v) is 8.71. The fourth-order valence-corrected chi connectivity index (χ4v) is 4.74. The van der Waals surface area contributed by atoms with E-state index >= 15 is 0 Å². The number of rotatable bonds is 9. The Balaban J connectivity index is 3.15. The Morgan fingerprint density at radius 2 is 1.82 bits per heavy atom. The highest BCUT2D eigenvalue weighted by Crippen LogP contribution is 2.51. The molecule has 0 aromatic carbocycles. The number of aliphatic carboxylic acids is 2. The molecular weight excluding hydrogens is 309 g/mol. The lowest BCUT2D eigenvalue weighted by atomic mass is 9.96. The van der Waals surface area contributed by atoms with E-state index < -0.39 is 30.9 Å². The van der Waals surface area contributed by atoms with Gasteiger partial charge >= 0.3 is 11.9 Å². The normalized spacial score (nSPS) is 16.5. The van der Waals surface area contributed by atoms with Crippen LogP contribution in [0, 0.1) is 5.92 Å². The fraction of sp³-hybridized carbons (Fsp3) is 0.500. The average Bonchev–Trinajstić information content (AvgIpc) is 2.46. The quantitative estimate of drug-likeness (QED) is 0.589. The largest absolute Gasteiger partial charge is 0.481 e. The van der Waals surface area contributed by atoms with E-state index in [1.165, 1.54) is 24.5 Å². The molecule has 1 heterocycles. The first-order chi connectivity index (χ1) is 10.3. The van der Waals surface area contributed by atoms with Crippen LogP contribution in [0.15, 0.2) is 24.5 Å². The number of hydrogen-bond donors (Lipinski definition) is 3. The maximum absolute atomic E-state index is 12.8. The lowest BCUT2D eigenvalue weighted by molar-refractivity contribution is -0.143. The second kappa shape index (κ2) is 8.06. The van der Waals surface area contributed by atoms with Gasteiger partial charge in [-0.15, -0.1) is 0 Å². The van der Waals surface area contributed by atoms with Crippen LogP contribution in [0.3, 0.4) is 0 Å². The SMILES string of the molecule is CCCC(C(CCC(=O)O)C(=O)O)P(=O)(O)c1ccncc1. The minimum Gasteiger partial charge on any atom is -0.481 e. The van der Waals surface area contributed by atoms with Gasteiger partial charge in [0.25, 0.3) is 0 Å². The van der Waals surface area contributed by atoms with E-state index in [2.05, 4.69) is 4.98 Å². The highest BCUT2D eigenvalue weighted by molar-refractivity contribution is 7.66. The summed E-state index contributed by atoms with van der Waals surface area (Å²) in [7, 11) is -3.96. The number of aromatic nitrogens is 1. The molecule has 0 spiro atoms. The molecule has 0 radical (unpaired) electrons. The zero-order chi connectivity index (χ0) is 16.8. The maximum atomic E-state index is 12.8. The summed E-state index contributed by atoms with van der Waals surface area (Å²) in [6.45, 7) is 1.79. The van der Waals surface area contributed by atoms with Crippen molar-refractivity contribution in [1.82, 2.24) is 4.98 Å². The van der Waals surface area contributed by atoms with E-state index in [-0.39, 0.29) is 24.6 Å². The molecule has 0 aliphatic heterocycles. The third-order valence-corrected chi connectivity index (χ3v) is 6.07. The number of nitrogens with zero attached hydrogens (tertiary/aromatic N) is 1. The van der Waals surface area contributed by atoms with Gasteiger partial charge in [0, 0.05) is 24.1 Å². The van der Waals surface area contributed by atoms with Gasteiger partial charge in [0.15, 0.2) is 0 Å². The molecule has 0 saturated carbocycles. The van der Waals surface area contributed by atoms with Crippen LogP contribution in [-0.4, -0.2) is 37.7 Å². The zero-order valence-electron chi connectivity index (χ0n) is 12.3. The summed E-state index contributed by atoms with van der Waals surface area (Å²) < 4.78 is 12.8. The summed E-state index contributed by atoms with van der Waals surface area (Å²) in [5.41, 5.74) is -1.02. The Labute approximate surface area is 128 Å². The van der Waals surface area contributed by atoms with Gasteiger partial charge in [-0.1, -0.05) is 13.3 Å². The Morgan fingerprint density at radius 3 is 2.27 bits per heavy atom. The second-order valence-electron chi connectivity index (χ2n) is 5.06. The minimum absolute atomic E-state index is 0.141. The number of carbonyl (C=O) groups is 2. The zero-order valence-corrected chi connectivity index (χ0v) is 13.1. The van der Waals surface area contributed by atoms with E-state index in [4.69, 9.17) is 5.11 Å². The number of carboxylic acids is 2. The van der Waals surface area contributed by atoms with Crippen molar-refractivity contribution in [1.29, 1.82) is 0 Å².